The molecule has 0 aromatic heterocycles. The molecule has 0 spiro atoms. The van der Waals surface area contributed by atoms with E-state index in [1.807, 2.05) is 0 Å². The van der Waals surface area contributed by atoms with Gasteiger partial charge in [0.2, 0.25) is 0 Å². The van der Waals surface area contributed by atoms with Gasteiger partial charge in [0.25, 0.3) is 5.97 Å². The maximum absolute atomic E-state index is 9.00. The molecule has 4 heteroatoms. The average molecular weight is 234 g/mol. The molecule has 0 amide bonds. The molecule has 0 aromatic rings. The number of carbonyl (C=O) groups is 1. The number of hydrogen-bond acceptors (Lipinski definition) is 1. The molecule has 0 aromatic carbocycles. The van der Waals surface area contributed by atoms with Crippen LogP contribution in [0.3, 0.4) is 0 Å². The van der Waals surface area contributed by atoms with Crippen molar-refractivity contribution < 1.29 is 26.2 Å². The van der Waals surface area contributed by atoms with Gasteiger partial charge in [-0.05, 0) is 0 Å². The summed E-state index contributed by atoms with van der Waals surface area (Å²) in [6, 6.07) is 0. The first-order chi connectivity index (χ1) is 3.73. The summed E-state index contributed by atoms with van der Waals surface area (Å²) in [5.41, 5.74) is 0. The zero-order chi connectivity index (χ0) is 7.58. The molecule has 2 nitrogen and oxygen atoms in total. The van der Waals surface area contributed by atoms with Gasteiger partial charge >= 0.3 is 30.0 Å². The Morgan fingerprint density at radius 2 is 1.62 bits per heavy atom. The second kappa shape index (κ2) is 25.6. The number of aliphatic carboxylic acids is 1. The Morgan fingerprint density at radius 3 is 1.62 bits per heavy atom. The molecule has 0 aliphatic rings. The first-order valence-corrected chi connectivity index (χ1v) is 8.85. The number of hydrogen-bond donors (Lipinski definition) is 1. The van der Waals surface area contributed by atoms with Crippen molar-refractivity contribution in [2.75, 3.05) is 0 Å². The van der Waals surface area contributed by atoms with Crippen LogP contribution in [0.2, 0.25) is 0 Å². The summed E-state index contributed by atoms with van der Waals surface area (Å²) in [6.07, 6.45) is 0. The fourth-order valence-corrected chi connectivity index (χ4v) is 0. The molecule has 1 N–H and O–H groups in total. The van der Waals surface area contributed by atoms with Crippen molar-refractivity contribution in [1.82, 2.24) is 0 Å². The summed E-state index contributed by atoms with van der Waals surface area (Å²) < 4.78 is 0. The number of rotatable bonds is 0. The molecule has 0 atom stereocenters. The summed E-state index contributed by atoms with van der Waals surface area (Å²) in [7, 11) is 0. The van der Waals surface area contributed by atoms with Crippen LogP contribution in [0.5, 0.6) is 0 Å². The molecule has 8 heavy (non-hydrogen) atoms. The fourth-order valence-electron chi connectivity index (χ4n) is 0. The Kier molecular flexibility index (Phi) is 50.7. The third kappa shape index (κ3) is 621. The number of carboxylic acid groups (broad SMARTS) is 1. The van der Waals surface area contributed by atoms with Crippen molar-refractivity contribution in [2.24, 2.45) is 0 Å². The summed E-state index contributed by atoms with van der Waals surface area (Å²) in [5, 5.41) is 7.42. The topological polar surface area (TPSA) is 37.3 Å². The fraction of sp³-hybridized carbons (Fsp3) is 0.500. The Labute approximate surface area is 66.7 Å². The van der Waals surface area contributed by atoms with E-state index in [0.29, 0.717) is 0 Å². The van der Waals surface area contributed by atoms with E-state index in [1.165, 1.54) is 16.3 Å². The minimum absolute atomic E-state index is 0.833. The van der Waals surface area contributed by atoms with E-state index in [9.17, 15) is 0 Å². The van der Waals surface area contributed by atoms with E-state index in [4.69, 9.17) is 9.90 Å². The van der Waals surface area contributed by atoms with E-state index < -0.39 is 5.97 Å². The summed E-state index contributed by atoms with van der Waals surface area (Å²) in [5.74, 6) is -0.833. The van der Waals surface area contributed by atoms with Gasteiger partial charge in [-0.15, -0.1) is 0 Å². The van der Waals surface area contributed by atoms with Crippen LogP contribution < -0.4 is 0 Å². The minimum atomic E-state index is -0.833. The van der Waals surface area contributed by atoms with Crippen LogP contribution in [-0.4, -0.2) is 11.1 Å². The monoisotopic (exact) mass is 232 g/mol. The Morgan fingerprint density at radius 1 is 1.62 bits per heavy atom. The number of halogens is 1. The van der Waals surface area contributed by atoms with Crippen molar-refractivity contribution >= 4 is 19.6 Å². The molecule has 0 bridgehead atoms. The van der Waals surface area contributed by atoms with Gasteiger partial charge in [0.1, 0.15) is 0 Å². The molecule has 0 aliphatic heterocycles. The predicted molar refractivity (Wildman–Crippen MR) is 33.3 cm³/mol. The summed E-state index contributed by atoms with van der Waals surface area (Å²) in [6.45, 7) is 6.08. The van der Waals surface area contributed by atoms with Crippen molar-refractivity contribution in [3.63, 3.8) is 0 Å². The summed E-state index contributed by atoms with van der Waals surface area (Å²) >= 11 is 4.25. The first-order valence-electron chi connectivity index (χ1n) is 1.90. The van der Waals surface area contributed by atoms with Crippen LogP contribution in [0.25, 0.3) is 0 Å². The average Bonchev–Trinajstić information content (AvgIpc) is 1.75. The van der Waals surface area contributed by atoms with Crippen molar-refractivity contribution in [2.45, 2.75) is 13.8 Å². The predicted octanol–water partition coefficient (Wildman–Crippen LogP) is 1.77. The third-order valence-electron chi connectivity index (χ3n) is 0. The van der Waals surface area contributed by atoms with Gasteiger partial charge in [0, 0.05) is 6.92 Å². The van der Waals surface area contributed by atoms with Crippen molar-refractivity contribution in [1.29, 1.82) is 0 Å². The molecule has 0 radical (unpaired) electrons. The van der Waals surface area contributed by atoms with Crippen LogP contribution in [0.15, 0.2) is 0 Å². The number of carboxylic acids is 1. The molecule has 0 rings (SSSR count). The standard InChI is InChI=1S/C2H4O2.C2H5.BrH.Zn/c1-2(3)4;1-2;;/h1H3,(H,3,4);1H2,2H3;1H;/q;-1;;+2/p-1. The molecule has 0 saturated carbocycles. The van der Waals surface area contributed by atoms with Gasteiger partial charge in [-0.1, -0.05) is 0 Å². The van der Waals surface area contributed by atoms with Crippen LogP contribution in [-0.2, 0) is 21.1 Å². The van der Waals surface area contributed by atoms with Crippen LogP contribution in [0.4, 0.5) is 0 Å². The normalized spacial score (nSPS) is 4.75. The van der Waals surface area contributed by atoms with E-state index in [1.54, 1.807) is 6.92 Å². The molecular formula is C4H9BrO2Zn. The first kappa shape index (κ1) is 15.8. The van der Waals surface area contributed by atoms with Gasteiger partial charge in [0.05, 0.1) is 0 Å². The molecule has 0 aliphatic carbocycles. The zero-order valence-corrected chi connectivity index (χ0v) is 9.70. The second-order valence-corrected chi connectivity index (χ2v) is 0.519. The Balaban J connectivity index is -0.0000000542. The third-order valence-corrected chi connectivity index (χ3v) is 0. The maximum atomic E-state index is 9.00. The quantitative estimate of drug-likeness (QED) is 0.512. The second-order valence-electron chi connectivity index (χ2n) is 0.519. The Hall–Kier alpha value is 0.573. The molecule has 0 heterocycles. The molecule has 46 valence electrons. The van der Waals surface area contributed by atoms with E-state index in [-0.39, 0.29) is 0 Å². The van der Waals surface area contributed by atoms with E-state index >= 15 is 0 Å². The Bertz CT molecular complexity index is 37.0. The van der Waals surface area contributed by atoms with Gasteiger partial charge in [0.15, 0.2) is 0 Å². The van der Waals surface area contributed by atoms with Crippen molar-refractivity contribution in [3.05, 3.63) is 6.92 Å². The zero-order valence-electron chi connectivity index (χ0n) is 5.15. The van der Waals surface area contributed by atoms with Gasteiger partial charge in [-0.25, -0.2) is 0 Å². The van der Waals surface area contributed by atoms with Crippen LogP contribution in [0.1, 0.15) is 13.8 Å². The molecule has 0 fully saturated rings. The van der Waals surface area contributed by atoms with Crippen LogP contribution in [0, 0.1) is 6.92 Å². The van der Waals surface area contributed by atoms with Gasteiger partial charge in [-0.2, -0.15) is 6.92 Å². The van der Waals surface area contributed by atoms with E-state index in [0.717, 1.165) is 6.92 Å². The van der Waals surface area contributed by atoms with Crippen LogP contribution >= 0.6 is 13.6 Å². The summed E-state index contributed by atoms with van der Waals surface area (Å²) in [4.78, 5) is 9.00. The van der Waals surface area contributed by atoms with Gasteiger partial charge in [-0.3, -0.25) is 4.79 Å². The molecule has 0 unspecified atom stereocenters. The van der Waals surface area contributed by atoms with Crippen molar-refractivity contribution in [3.8, 4) is 0 Å². The SMILES string of the molecule is CC(=O)O.[CH2-]C.[Zn+][Br]. The molecular weight excluding hydrogens is 225 g/mol. The molecule has 0 saturated heterocycles. The van der Waals surface area contributed by atoms with Gasteiger partial charge < -0.3 is 12.0 Å². The van der Waals surface area contributed by atoms with E-state index in [2.05, 4.69) is 20.5 Å².